The summed E-state index contributed by atoms with van der Waals surface area (Å²) in [6.07, 6.45) is 2.08. The number of fused-ring (bicyclic) bond motifs is 2. The Morgan fingerprint density at radius 2 is 1.88 bits per heavy atom. The number of rotatable bonds is 4. The zero-order chi connectivity index (χ0) is 18.1. The number of methoxy groups -OCH3 is 1. The van der Waals surface area contributed by atoms with Crippen LogP contribution in [0.4, 0.5) is 0 Å². The molecule has 6 heteroatoms. The Morgan fingerprint density at radius 3 is 2.65 bits per heavy atom. The Hall–Kier alpha value is -1.95. The van der Waals surface area contributed by atoms with E-state index in [1.165, 1.54) is 0 Å². The van der Waals surface area contributed by atoms with Gasteiger partial charge in [-0.15, -0.1) is 23.1 Å². The van der Waals surface area contributed by atoms with Gasteiger partial charge in [0.05, 0.1) is 16.9 Å². The molecule has 0 unspecified atom stereocenters. The summed E-state index contributed by atoms with van der Waals surface area (Å²) in [5.74, 6) is 2.36. The summed E-state index contributed by atoms with van der Waals surface area (Å²) in [6.45, 7) is 0.362. The molecule has 0 aliphatic carbocycles. The minimum Gasteiger partial charge on any atom is -0.497 e. The number of halogens is 1. The predicted octanol–water partition coefficient (Wildman–Crippen LogP) is 5.49. The summed E-state index contributed by atoms with van der Waals surface area (Å²) in [5.41, 5.74) is 1.74. The quantitative estimate of drug-likeness (QED) is 0.578. The SMILES string of the molecule is COc1ccc(OCC2=CCSc3sc4cc(Cl)ccc4c(=O)c32)cc1. The van der Waals surface area contributed by atoms with Gasteiger partial charge in [0.1, 0.15) is 18.1 Å². The second-order valence-corrected chi connectivity index (χ2v) is 8.52. The lowest BCUT2D eigenvalue weighted by Gasteiger charge is -2.17. The molecule has 2 aromatic carbocycles. The molecule has 0 saturated carbocycles. The van der Waals surface area contributed by atoms with E-state index in [4.69, 9.17) is 21.1 Å². The van der Waals surface area contributed by atoms with Crippen LogP contribution in [0, 0.1) is 0 Å². The van der Waals surface area contributed by atoms with Crippen LogP contribution < -0.4 is 14.9 Å². The van der Waals surface area contributed by atoms with E-state index in [2.05, 4.69) is 6.08 Å². The van der Waals surface area contributed by atoms with Crippen molar-refractivity contribution >= 4 is 50.4 Å². The molecule has 2 heterocycles. The van der Waals surface area contributed by atoms with E-state index in [-0.39, 0.29) is 5.43 Å². The van der Waals surface area contributed by atoms with Crippen LogP contribution in [0.3, 0.4) is 0 Å². The third-order valence-electron chi connectivity index (χ3n) is 4.14. The number of hydrogen-bond acceptors (Lipinski definition) is 5. The van der Waals surface area contributed by atoms with E-state index in [0.29, 0.717) is 17.0 Å². The van der Waals surface area contributed by atoms with E-state index in [1.54, 1.807) is 42.3 Å². The minimum absolute atomic E-state index is 0.0437. The molecule has 0 radical (unpaired) electrons. The van der Waals surface area contributed by atoms with Crippen LogP contribution in [0.5, 0.6) is 11.5 Å². The number of benzene rings is 2. The Bertz CT molecular complexity index is 1060. The van der Waals surface area contributed by atoms with Crippen LogP contribution in [-0.4, -0.2) is 19.5 Å². The summed E-state index contributed by atoms with van der Waals surface area (Å²) in [7, 11) is 1.63. The zero-order valence-electron chi connectivity index (χ0n) is 14.0. The van der Waals surface area contributed by atoms with Crippen molar-refractivity contribution < 1.29 is 9.47 Å². The minimum atomic E-state index is 0.0437. The second kappa shape index (κ2) is 7.35. The van der Waals surface area contributed by atoms with Crippen molar-refractivity contribution in [3.8, 4) is 11.5 Å². The highest BCUT2D eigenvalue weighted by atomic mass is 35.5. The second-order valence-electron chi connectivity index (χ2n) is 5.74. The van der Waals surface area contributed by atoms with E-state index in [0.717, 1.165) is 37.3 Å². The molecule has 26 heavy (non-hydrogen) atoms. The van der Waals surface area contributed by atoms with Crippen LogP contribution in [0.25, 0.3) is 15.7 Å². The molecule has 4 rings (SSSR count). The average molecular weight is 403 g/mol. The van der Waals surface area contributed by atoms with Gasteiger partial charge >= 0.3 is 0 Å². The highest BCUT2D eigenvalue weighted by Gasteiger charge is 2.20. The van der Waals surface area contributed by atoms with Gasteiger partial charge in [-0.2, -0.15) is 0 Å². The summed E-state index contributed by atoms with van der Waals surface area (Å²) in [6, 6.07) is 12.9. The Morgan fingerprint density at radius 1 is 1.12 bits per heavy atom. The molecule has 132 valence electrons. The number of hydrogen-bond donors (Lipinski definition) is 0. The van der Waals surface area contributed by atoms with Gasteiger partial charge in [-0.05, 0) is 48.0 Å². The average Bonchev–Trinajstić information content (AvgIpc) is 2.66. The van der Waals surface area contributed by atoms with E-state index in [1.807, 2.05) is 30.3 Å². The molecule has 0 fully saturated rings. The lowest BCUT2D eigenvalue weighted by Crippen LogP contribution is -2.15. The number of ether oxygens (including phenoxy) is 2. The molecule has 0 spiro atoms. The molecule has 1 aliphatic heterocycles. The molecule has 1 aliphatic rings. The molecule has 0 amide bonds. The lowest BCUT2D eigenvalue weighted by atomic mass is 10.1. The van der Waals surface area contributed by atoms with Crippen LogP contribution >= 0.6 is 34.7 Å². The van der Waals surface area contributed by atoms with Crippen molar-refractivity contribution in [2.45, 2.75) is 4.21 Å². The fourth-order valence-corrected chi connectivity index (χ4v) is 5.54. The normalized spacial score (nSPS) is 13.2. The summed E-state index contributed by atoms with van der Waals surface area (Å²) in [5, 5.41) is 1.35. The van der Waals surface area contributed by atoms with Gasteiger partial charge in [0, 0.05) is 20.9 Å². The van der Waals surface area contributed by atoms with E-state index in [9.17, 15) is 4.79 Å². The monoisotopic (exact) mass is 402 g/mol. The lowest BCUT2D eigenvalue weighted by molar-refractivity contribution is 0.367. The molecule has 3 nitrogen and oxygen atoms in total. The van der Waals surface area contributed by atoms with Crippen molar-refractivity contribution in [3.63, 3.8) is 0 Å². The van der Waals surface area contributed by atoms with Gasteiger partial charge in [-0.3, -0.25) is 4.79 Å². The standard InChI is InChI=1S/C20H15ClO3S2/c1-23-14-3-5-15(6-4-14)24-11-12-8-9-25-20-18(12)19(22)16-7-2-13(21)10-17(16)26-20/h2-8,10H,9,11H2,1H3. The molecule has 1 aromatic heterocycles. The fourth-order valence-electron chi connectivity index (χ4n) is 2.81. The fraction of sp³-hybridized carbons (Fsp3) is 0.150. The maximum atomic E-state index is 13.0. The third-order valence-corrected chi connectivity index (χ3v) is 6.73. The summed E-state index contributed by atoms with van der Waals surface area (Å²) in [4.78, 5) is 13.0. The van der Waals surface area contributed by atoms with Gasteiger partial charge in [0.25, 0.3) is 0 Å². The largest absolute Gasteiger partial charge is 0.497 e. The van der Waals surface area contributed by atoms with Crippen molar-refractivity contribution in [2.24, 2.45) is 0 Å². The first-order valence-corrected chi connectivity index (χ1v) is 10.2. The van der Waals surface area contributed by atoms with Gasteiger partial charge in [-0.25, -0.2) is 0 Å². The summed E-state index contributed by atoms with van der Waals surface area (Å²) >= 11 is 9.37. The molecular weight excluding hydrogens is 388 g/mol. The van der Waals surface area contributed by atoms with E-state index >= 15 is 0 Å². The highest BCUT2D eigenvalue weighted by molar-refractivity contribution is 8.01. The topological polar surface area (TPSA) is 35.5 Å². The van der Waals surface area contributed by atoms with Gasteiger partial charge in [-0.1, -0.05) is 17.7 Å². The molecule has 0 bridgehead atoms. The Kier molecular flexibility index (Phi) is 4.94. The Balaban J connectivity index is 1.66. The van der Waals surface area contributed by atoms with Crippen LogP contribution in [0.2, 0.25) is 5.02 Å². The maximum Gasteiger partial charge on any atom is 0.196 e. The molecule has 3 aromatic rings. The third kappa shape index (κ3) is 3.34. The first-order valence-electron chi connectivity index (χ1n) is 8.01. The van der Waals surface area contributed by atoms with Crippen LogP contribution in [0.1, 0.15) is 5.56 Å². The van der Waals surface area contributed by atoms with Crippen LogP contribution in [-0.2, 0) is 0 Å². The Labute approximate surface area is 164 Å². The van der Waals surface area contributed by atoms with E-state index < -0.39 is 0 Å². The highest BCUT2D eigenvalue weighted by Crippen LogP contribution is 2.38. The molecule has 0 saturated heterocycles. The maximum absolute atomic E-state index is 13.0. The first kappa shape index (κ1) is 17.5. The molecule has 0 atom stereocenters. The van der Waals surface area contributed by atoms with Gasteiger partial charge in [0.2, 0.25) is 0 Å². The summed E-state index contributed by atoms with van der Waals surface area (Å²) < 4.78 is 13.0. The smallest absolute Gasteiger partial charge is 0.196 e. The van der Waals surface area contributed by atoms with Crippen molar-refractivity contribution in [2.75, 3.05) is 19.5 Å². The van der Waals surface area contributed by atoms with Crippen molar-refractivity contribution in [1.82, 2.24) is 0 Å². The molecular formula is C20H15ClO3S2. The van der Waals surface area contributed by atoms with Gasteiger partial charge < -0.3 is 9.47 Å². The first-order chi connectivity index (χ1) is 12.7. The van der Waals surface area contributed by atoms with Crippen LogP contribution in [0.15, 0.2) is 57.5 Å². The van der Waals surface area contributed by atoms with Crippen molar-refractivity contribution in [3.05, 3.63) is 69.4 Å². The number of thioether (sulfide) groups is 1. The zero-order valence-corrected chi connectivity index (χ0v) is 16.3. The van der Waals surface area contributed by atoms with Gasteiger partial charge in [0.15, 0.2) is 5.43 Å². The van der Waals surface area contributed by atoms with Crippen molar-refractivity contribution in [1.29, 1.82) is 0 Å². The molecule has 0 N–H and O–H groups in total. The predicted molar refractivity (Wildman–Crippen MR) is 110 cm³/mol.